The van der Waals surface area contributed by atoms with Gasteiger partial charge in [0.2, 0.25) is 5.95 Å². The molecular weight excluding hydrogens is 470 g/mol. The molecular formula is C23H19F4N5O3. The number of carbonyl (C=O) groups is 1. The number of pyridine rings is 1. The van der Waals surface area contributed by atoms with Crippen LogP contribution in [-0.2, 0) is 16.0 Å². The van der Waals surface area contributed by atoms with Gasteiger partial charge in [0.25, 0.3) is 0 Å². The highest BCUT2D eigenvalue weighted by Gasteiger charge is 2.42. The van der Waals surface area contributed by atoms with Gasteiger partial charge in [-0.1, -0.05) is 6.07 Å². The minimum atomic E-state index is -5.26. The van der Waals surface area contributed by atoms with Crippen molar-refractivity contribution in [3.8, 4) is 17.0 Å². The topological polar surface area (TPSA) is 80.7 Å². The highest BCUT2D eigenvalue weighted by molar-refractivity contribution is 5.80. The zero-order chi connectivity index (χ0) is 24.6. The van der Waals surface area contributed by atoms with Crippen LogP contribution in [0.2, 0.25) is 0 Å². The summed E-state index contributed by atoms with van der Waals surface area (Å²) in [4.78, 5) is 28.6. The normalized spacial score (nSPS) is 15.8. The first-order valence-corrected chi connectivity index (χ1v) is 10.8. The molecule has 4 heterocycles. The van der Waals surface area contributed by atoms with Gasteiger partial charge in [-0.15, -0.1) is 0 Å². The van der Waals surface area contributed by atoms with Crippen LogP contribution >= 0.6 is 0 Å². The number of halogens is 4. The SMILES string of the molecule is O=C(Oc1cccc(-c2nc(N3CCOCC3)nc3c2CCN3c2ccncc2)c1F)C(F)(F)F. The van der Waals surface area contributed by atoms with Crippen molar-refractivity contribution in [1.82, 2.24) is 15.0 Å². The van der Waals surface area contributed by atoms with Crippen molar-refractivity contribution in [2.24, 2.45) is 0 Å². The summed E-state index contributed by atoms with van der Waals surface area (Å²) in [5.41, 5.74) is 1.62. The van der Waals surface area contributed by atoms with E-state index in [1.165, 1.54) is 12.1 Å². The lowest BCUT2D eigenvalue weighted by molar-refractivity contribution is -0.189. The second-order valence-corrected chi connectivity index (χ2v) is 7.89. The molecule has 2 aromatic heterocycles. The smallest absolute Gasteiger partial charge is 0.417 e. The molecule has 0 saturated carbocycles. The number of esters is 1. The van der Waals surface area contributed by atoms with E-state index >= 15 is 4.39 Å². The molecule has 3 aromatic rings. The Bertz CT molecular complexity index is 1250. The summed E-state index contributed by atoms with van der Waals surface area (Å²) in [6.45, 7) is 2.54. The third-order valence-electron chi connectivity index (χ3n) is 5.74. The fourth-order valence-electron chi connectivity index (χ4n) is 4.08. The van der Waals surface area contributed by atoms with Crippen LogP contribution in [0.25, 0.3) is 11.3 Å². The molecule has 2 aliphatic rings. The molecule has 35 heavy (non-hydrogen) atoms. The zero-order valence-corrected chi connectivity index (χ0v) is 18.3. The van der Waals surface area contributed by atoms with Crippen molar-refractivity contribution in [2.45, 2.75) is 12.6 Å². The Morgan fingerprint density at radius 3 is 2.49 bits per heavy atom. The van der Waals surface area contributed by atoms with Gasteiger partial charge in [-0.2, -0.15) is 18.2 Å². The minimum absolute atomic E-state index is 0.0813. The second kappa shape index (κ2) is 9.10. The first-order valence-electron chi connectivity index (χ1n) is 10.8. The van der Waals surface area contributed by atoms with Gasteiger partial charge in [0.05, 0.1) is 18.9 Å². The molecule has 0 spiro atoms. The number of anilines is 3. The third kappa shape index (κ3) is 4.48. The maximum Gasteiger partial charge on any atom is 0.491 e. The van der Waals surface area contributed by atoms with Crippen LogP contribution < -0.4 is 14.5 Å². The van der Waals surface area contributed by atoms with E-state index in [0.717, 1.165) is 11.8 Å². The van der Waals surface area contributed by atoms with Crippen LogP contribution in [0.1, 0.15) is 5.56 Å². The van der Waals surface area contributed by atoms with E-state index < -0.39 is 23.7 Å². The third-order valence-corrected chi connectivity index (χ3v) is 5.74. The van der Waals surface area contributed by atoms with Crippen molar-refractivity contribution in [3.05, 3.63) is 54.1 Å². The molecule has 0 N–H and O–H groups in total. The number of rotatable bonds is 4. The monoisotopic (exact) mass is 489 g/mol. The fourth-order valence-corrected chi connectivity index (χ4v) is 4.08. The molecule has 12 heteroatoms. The number of hydrogen-bond acceptors (Lipinski definition) is 8. The molecule has 1 aromatic carbocycles. The zero-order valence-electron chi connectivity index (χ0n) is 18.3. The van der Waals surface area contributed by atoms with E-state index in [4.69, 9.17) is 9.72 Å². The predicted octanol–water partition coefficient (Wildman–Crippen LogP) is 3.68. The summed E-state index contributed by atoms with van der Waals surface area (Å²) in [5, 5.41) is 0. The quantitative estimate of drug-likeness (QED) is 0.312. The lowest BCUT2D eigenvalue weighted by atomic mass is 10.0. The summed E-state index contributed by atoms with van der Waals surface area (Å²) in [5.74, 6) is -3.52. The fraction of sp³-hybridized carbons (Fsp3) is 0.304. The van der Waals surface area contributed by atoms with Gasteiger partial charge in [0.15, 0.2) is 11.6 Å². The number of fused-ring (bicyclic) bond motifs is 1. The van der Waals surface area contributed by atoms with E-state index in [1.807, 2.05) is 21.9 Å². The summed E-state index contributed by atoms with van der Waals surface area (Å²) in [7, 11) is 0. The van der Waals surface area contributed by atoms with E-state index in [-0.39, 0.29) is 11.3 Å². The Morgan fingerprint density at radius 2 is 1.77 bits per heavy atom. The summed E-state index contributed by atoms with van der Waals surface area (Å²) in [6.07, 6.45) is -1.48. The number of alkyl halides is 3. The maximum atomic E-state index is 15.4. The van der Waals surface area contributed by atoms with Crippen molar-refractivity contribution in [1.29, 1.82) is 0 Å². The second-order valence-electron chi connectivity index (χ2n) is 7.89. The molecule has 0 aliphatic carbocycles. The van der Waals surface area contributed by atoms with Gasteiger partial charge in [-0.3, -0.25) is 4.98 Å². The van der Waals surface area contributed by atoms with Crippen LogP contribution in [-0.4, -0.2) is 59.9 Å². The Labute approximate surface area is 197 Å². The van der Waals surface area contributed by atoms with E-state index in [0.29, 0.717) is 56.6 Å². The van der Waals surface area contributed by atoms with Crippen LogP contribution in [0.4, 0.5) is 35.0 Å². The molecule has 0 atom stereocenters. The molecule has 1 saturated heterocycles. The average molecular weight is 489 g/mol. The molecule has 0 unspecified atom stereocenters. The number of nitrogens with zero attached hydrogens (tertiary/aromatic N) is 5. The van der Waals surface area contributed by atoms with Crippen molar-refractivity contribution in [3.63, 3.8) is 0 Å². The number of aromatic nitrogens is 3. The predicted molar refractivity (Wildman–Crippen MR) is 117 cm³/mol. The number of morpholine rings is 1. The highest BCUT2D eigenvalue weighted by atomic mass is 19.4. The van der Waals surface area contributed by atoms with Crippen LogP contribution in [0, 0.1) is 5.82 Å². The lowest BCUT2D eigenvalue weighted by Gasteiger charge is -2.28. The minimum Gasteiger partial charge on any atom is -0.417 e. The van der Waals surface area contributed by atoms with E-state index in [1.54, 1.807) is 12.4 Å². The largest absolute Gasteiger partial charge is 0.491 e. The van der Waals surface area contributed by atoms with Crippen LogP contribution in [0.15, 0.2) is 42.7 Å². The molecule has 0 amide bonds. The molecule has 8 nitrogen and oxygen atoms in total. The molecule has 182 valence electrons. The van der Waals surface area contributed by atoms with Gasteiger partial charge < -0.3 is 19.3 Å². The Kier molecular flexibility index (Phi) is 5.97. The molecule has 5 rings (SSSR count). The molecule has 0 radical (unpaired) electrons. The number of hydrogen-bond donors (Lipinski definition) is 0. The van der Waals surface area contributed by atoms with Crippen molar-refractivity contribution < 1.29 is 31.8 Å². The summed E-state index contributed by atoms with van der Waals surface area (Å²) in [6, 6.07) is 7.32. The van der Waals surface area contributed by atoms with Gasteiger partial charge in [-0.05, 0) is 30.7 Å². The molecule has 1 fully saturated rings. The summed E-state index contributed by atoms with van der Waals surface area (Å²) < 4.78 is 63.2. The Balaban J connectivity index is 1.62. The Morgan fingerprint density at radius 1 is 1.03 bits per heavy atom. The average Bonchev–Trinajstić information content (AvgIpc) is 3.29. The van der Waals surface area contributed by atoms with E-state index in [2.05, 4.69) is 14.7 Å². The number of ether oxygens (including phenoxy) is 2. The summed E-state index contributed by atoms with van der Waals surface area (Å²) >= 11 is 0. The van der Waals surface area contributed by atoms with Gasteiger partial charge in [0.1, 0.15) is 5.82 Å². The Hall–Kier alpha value is -3.80. The van der Waals surface area contributed by atoms with Crippen LogP contribution in [0.5, 0.6) is 5.75 Å². The first-order chi connectivity index (χ1) is 16.8. The van der Waals surface area contributed by atoms with Crippen LogP contribution in [0.3, 0.4) is 0 Å². The number of carbonyl (C=O) groups excluding carboxylic acids is 1. The van der Waals surface area contributed by atoms with Crippen molar-refractivity contribution in [2.75, 3.05) is 42.6 Å². The first kappa shape index (κ1) is 23.0. The van der Waals surface area contributed by atoms with E-state index in [9.17, 15) is 18.0 Å². The molecule has 2 aliphatic heterocycles. The van der Waals surface area contributed by atoms with Gasteiger partial charge in [0, 0.05) is 48.8 Å². The standard InChI is InChI=1S/C23H19F4N5O3/c24-18-15(2-1-3-17(18)35-21(33)23(25,26)27)19-16-6-9-32(14-4-7-28-8-5-14)20(16)30-22(29-19)31-10-12-34-13-11-31/h1-5,7-8H,6,9-13H2. The van der Waals surface area contributed by atoms with Gasteiger partial charge >= 0.3 is 12.1 Å². The maximum absolute atomic E-state index is 15.4. The molecule has 0 bridgehead atoms. The highest BCUT2D eigenvalue weighted by Crippen LogP contribution is 2.41. The lowest BCUT2D eigenvalue weighted by Crippen LogP contribution is -2.37. The number of benzene rings is 1. The van der Waals surface area contributed by atoms with Gasteiger partial charge in [-0.25, -0.2) is 14.2 Å². The van der Waals surface area contributed by atoms with Crippen molar-refractivity contribution >= 4 is 23.4 Å².